The number of thiophene rings is 1. The Bertz CT molecular complexity index is 603. The number of fused-ring (bicyclic) bond motifs is 1. The fourth-order valence-corrected chi connectivity index (χ4v) is 4.04. The fourth-order valence-electron chi connectivity index (χ4n) is 2.84. The molecule has 0 fully saturated rings. The highest BCUT2D eigenvalue weighted by molar-refractivity contribution is 7.10. The lowest BCUT2D eigenvalue weighted by Gasteiger charge is -2.21. The van der Waals surface area contributed by atoms with Crippen LogP contribution in [0.5, 0.6) is 0 Å². The zero-order valence-corrected chi connectivity index (χ0v) is 12.5. The van der Waals surface area contributed by atoms with Gasteiger partial charge in [0.1, 0.15) is 0 Å². The molecule has 0 spiro atoms. The standard InChI is InChI=1S/C17H19NOS/c1-2-12-8-9-14-15(11-20-16(14)10-12)17(19)18-13-6-4-3-5-7-13/h3-7,11-12H,2,8-10H2,1H3,(H,18,19). The van der Waals surface area contributed by atoms with E-state index in [1.165, 1.54) is 23.3 Å². The summed E-state index contributed by atoms with van der Waals surface area (Å²) in [5, 5.41) is 5.02. The topological polar surface area (TPSA) is 29.1 Å². The summed E-state index contributed by atoms with van der Waals surface area (Å²) in [4.78, 5) is 13.8. The summed E-state index contributed by atoms with van der Waals surface area (Å²) in [7, 11) is 0. The van der Waals surface area contributed by atoms with E-state index in [2.05, 4.69) is 12.2 Å². The Hall–Kier alpha value is -1.61. The van der Waals surface area contributed by atoms with Gasteiger partial charge in [0.25, 0.3) is 5.91 Å². The van der Waals surface area contributed by atoms with Crippen molar-refractivity contribution in [2.24, 2.45) is 5.92 Å². The molecule has 1 atom stereocenters. The summed E-state index contributed by atoms with van der Waals surface area (Å²) < 4.78 is 0. The van der Waals surface area contributed by atoms with Crippen molar-refractivity contribution in [3.8, 4) is 0 Å². The molecule has 3 heteroatoms. The van der Waals surface area contributed by atoms with Gasteiger partial charge in [0, 0.05) is 15.9 Å². The lowest BCUT2D eigenvalue weighted by atomic mass is 9.86. The number of anilines is 1. The molecule has 1 aliphatic rings. The Balaban J connectivity index is 1.78. The molecule has 0 radical (unpaired) electrons. The van der Waals surface area contributed by atoms with Gasteiger partial charge >= 0.3 is 0 Å². The highest BCUT2D eigenvalue weighted by Gasteiger charge is 2.24. The third-order valence-corrected chi connectivity index (χ3v) is 5.16. The summed E-state index contributed by atoms with van der Waals surface area (Å²) in [5.74, 6) is 0.829. The fraction of sp³-hybridized carbons (Fsp3) is 0.353. The van der Waals surface area contributed by atoms with Crippen LogP contribution >= 0.6 is 11.3 Å². The van der Waals surface area contributed by atoms with Gasteiger partial charge in [0.2, 0.25) is 0 Å². The van der Waals surface area contributed by atoms with Gasteiger partial charge in [-0.05, 0) is 42.9 Å². The van der Waals surface area contributed by atoms with Crippen LogP contribution < -0.4 is 5.32 Å². The SMILES string of the molecule is CCC1CCc2c(C(=O)Nc3ccccc3)csc2C1. The largest absolute Gasteiger partial charge is 0.322 e. The maximum atomic E-state index is 12.4. The number of hydrogen-bond donors (Lipinski definition) is 1. The first-order valence-corrected chi connectivity index (χ1v) is 8.11. The monoisotopic (exact) mass is 285 g/mol. The van der Waals surface area contributed by atoms with Crippen LogP contribution in [0.15, 0.2) is 35.7 Å². The first-order chi connectivity index (χ1) is 9.78. The molecule has 20 heavy (non-hydrogen) atoms. The molecule has 3 rings (SSSR count). The van der Waals surface area contributed by atoms with Crippen LogP contribution in [0.2, 0.25) is 0 Å². The molecular formula is C17H19NOS. The summed E-state index contributed by atoms with van der Waals surface area (Å²) >= 11 is 1.75. The third kappa shape index (κ3) is 2.63. The highest BCUT2D eigenvalue weighted by Crippen LogP contribution is 2.34. The Labute approximate surface area is 123 Å². The van der Waals surface area contributed by atoms with Gasteiger partial charge in [-0.2, -0.15) is 0 Å². The Morgan fingerprint density at radius 3 is 2.90 bits per heavy atom. The number of rotatable bonds is 3. The lowest BCUT2D eigenvalue weighted by Crippen LogP contribution is -2.17. The molecule has 1 unspecified atom stereocenters. The van der Waals surface area contributed by atoms with Crippen molar-refractivity contribution in [2.75, 3.05) is 5.32 Å². The maximum absolute atomic E-state index is 12.4. The molecule has 2 nitrogen and oxygen atoms in total. The molecule has 1 aliphatic carbocycles. The number of hydrogen-bond acceptors (Lipinski definition) is 2. The normalized spacial score (nSPS) is 17.6. The molecule has 0 saturated carbocycles. The van der Waals surface area contributed by atoms with Crippen molar-refractivity contribution in [3.63, 3.8) is 0 Å². The van der Waals surface area contributed by atoms with Crippen LogP contribution in [-0.2, 0) is 12.8 Å². The van der Waals surface area contributed by atoms with Gasteiger partial charge in [-0.15, -0.1) is 11.3 Å². The Morgan fingerprint density at radius 1 is 1.35 bits per heavy atom. The van der Waals surface area contributed by atoms with Crippen LogP contribution in [0.1, 0.15) is 40.6 Å². The zero-order valence-electron chi connectivity index (χ0n) is 11.7. The molecule has 1 amide bonds. The molecule has 1 aromatic carbocycles. The summed E-state index contributed by atoms with van der Waals surface area (Å²) in [6.45, 7) is 2.26. The van der Waals surface area contributed by atoms with Crippen LogP contribution in [0.3, 0.4) is 0 Å². The van der Waals surface area contributed by atoms with Crippen LogP contribution in [0.4, 0.5) is 5.69 Å². The second-order valence-electron chi connectivity index (χ2n) is 5.39. The lowest BCUT2D eigenvalue weighted by molar-refractivity contribution is 0.102. The van der Waals surface area contributed by atoms with Gasteiger partial charge in [-0.3, -0.25) is 4.79 Å². The summed E-state index contributed by atoms with van der Waals surface area (Å²) in [5.41, 5.74) is 3.02. The van der Waals surface area contributed by atoms with E-state index >= 15 is 0 Å². The molecule has 1 aromatic heterocycles. The maximum Gasteiger partial charge on any atom is 0.256 e. The number of amides is 1. The smallest absolute Gasteiger partial charge is 0.256 e. The van der Waals surface area contributed by atoms with Crippen molar-refractivity contribution in [1.82, 2.24) is 0 Å². The molecule has 1 N–H and O–H groups in total. The van der Waals surface area contributed by atoms with E-state index in [-0.39, 0.29) is 5.91 Å². The predicted molar refractivity (Wildman–Crippen MR) is 84.5 cm³/mol. The van der Waals surface area contributed by atoms with Crippen molar-refractivity contribution in [3.05, 3.63) is 51.7 Å². The average Bonchev–Trinajstić information content (AvgIpc) is 2.91. The number of nitrogens with one attached hydrogen (secondary N) is 1. The van der Waals surface area contributed by atoms with Gasteiger partial charge in [-0.1, -0.05) is 31.5 Å². The quantitative estimate of drug-likeness (QED) is 0.883. The summed E-state index contributed by atoms with van der Waals surface area (Å²) in [6.07, 6.45) is 4.65. The van der Waals surface area contributed by atoms with Crippen molar-refractivity contribution in [1.29, 1.82) is 0 Å². The molecular weight excluding hydrogens is 266 g/mol. The second-order valence-corrected chi connectivity index (χ2v) is 6.35. The number of benzene rings is 1. The highest BCUT2D eigenvalue weighted by atomic mass is 32.1. The zero-order chi connectivity index (χ0) is 13.9. The van der Waals surface area contributed by atoms with E-state index in [0.717, 1.165) is 30.0 Å². The molecule has 104 valence electrons. The van der Waals surface area contributed by atoms with Crippen molar-refractivity contribution in [2.45, 2.75) is 32.6 Å². The minimum Gasteiger partial charge on any atom is -0.322 e. The van der Waals surface area contributed by atoms with E-state index < -0.39 is 0 Å². The molecule has 1 heterocycles. The van der Waals surface area contributed by atoms with Gasteiger partial charge in [0.15, 0.2) is 0 Å². The molecule has 0 saturated heterocycles. The summed E-state index contributed by atoms with van der Waals surface area (Å²) in [6, 6.07) is 9.66. The van der Waals surface area contributed by atoms with E-state index in [0.29, 0.717) is 0 Å². The van der Waals surface area contributed by atoms with Crippen molar-refractivity contribution < 1.29 is 4.79 Å². The minimum atomic E-state index is 0.0312. The van der Waals surface area contributed by atoms with Gasteiger partial charge < -0.3 is 5.32 Å². The van der Waals surface area contributed by atoms with Gasteiger partial charge in [0.05, 0.1) is 5.56 Å². The Kier molecular flexibility index (Phi) is 3.88. The minimum absolute atomic E-state index is 0.0312. The van der Waals surface area contributed by atoms with E-state index in [4.69, 9.17) is 0 Å². The van der Waals surface area contributed by atoms with Gasteiger partial charge in [-0.25, -0.2) is 0 Å². The molecule has 2 aromatic rings. The average molecular weight is 285 g/mol. The second kappa shape index (κ2) is 5.80. The predicted octanol–water partition coefficient (Wildman–Crippen LogP) is 4.52. The third-order valence-electron chi connectivity index (χ3n) is 4.11. The van der Waals surface area contributed by atoms with Crippen LogP contribution in [-0.4, -0.2) is 5.91 Å². The molecule has 0 aliphatic heterocycles. The van der Waals surface area contributed by atoms with Crippen LogP contribution in [0, 0.1) is 5.92 Å². The number of carbonyl (C=O) groups excluding carboxylic acids is 1. The first-order valence-electron chi connectivity index (χ1n) is 7.23. The van der Waals surface area contributed by atoms with E-state index in [1.54, 1.807) is 11.3 Å². The number of carbonyl (C=O) groups is 1. The van der Waals surface area contributed by atoms with Crippen LogP contribution in [0.25, 0.3) is 0 Å². The first kappa shape index (κ1) is 13.4. The Morgan fingerprint density at radius 2 is 2.15 bits per heavy atom. The van der Waals surface area contributed by atoms with E-state index in [1.807, 2.05) is 35.7 Å². The van der Waals surface area contributed by atoms with E-state index in [9.17, 15) is 4.79 Å². The number of para-hydroxylation sites is 1. The molecule has 0 bridgehead atoms. The van der Waals surface area contributed by atoms with Crippen molar-refractivity contribution >= 4 is 22.9 Å².